The maximum absolute atomic E-state index is 10.6. The Kier molecular flexibility index (Phi) is 2.39. The van der Waals surface area contributed by atoms with Crippen molar-refractivity contribution in [2.45, 2.75) is 58.1 Å². The van der Waals surface area contributed by atoms with Gasteiger partial charge >= 0.3 is 0 Å². The molecule has 0 bridgehead atoms. The molecule has 2 fully saturated rings. The second-order valence-corrected chi connectivity index (χ2v) is 6.36. The Labute approximate surface area is 87.1 Å². The highest BCUT2D eigenvalue weighted by molar-refractivity contribution is 5.06. The van der Waals surface area contributed by atoms with Gasteiger partial charge in [0.2, 0.25) is 0 Å². The quantitative estimate of drug-likeness (QED) is 0.673. The van der Waals surface area contributed by atoms with Crippen molar-refractivity contribution in [3.8, 4) is 0 Å². The van der Waals surface area contributed by atoms with E-state index in [0.717, 1.165) is 25.3 Å². The van der Waals surface area contributed by atoms with Crippen LogP contribution in [-0.2, 0) is 0 Å². The number of hydrogen-bond donors (Lipinski definition) is 2. The Morgan fingerprint density at radius 1 is 1.36 bits per heavy atom. The van der Waals surface area contributed by atoms with Crippen molar-refractivity contribution in [2.75, 3.05) is 6.54 Å². The molecule has 2 heteroatoms. The Hall–Kier alpha value is -0.0800. The van der Waals surface area contributed by atoms with E-state index < -0.39 is 5.60 Å². The summed E-state index contributed by atoms with van der Waals surface area (Å²) in [4.78, 5) is 0. The van der Waals surface area contributed by atoms with Gasteiger partial charge in [0.1, 0.15) is 0 Å². The van der Waals surface area contributed by atoms with Crippen molar-refractivity contribution in [2.24, 2.45) is 11.3 Å². The monoisotopic (exact) mass is 197 g/mol. The van der Waals surface area contributed by atoms with Crippen molar-refractivity contribution in [1.82, 2.24) is 5.32 Å². The lowest BCUT2D eigenvalue weighted by atomic mass is 9.78. The topological polar surface area (TPSA) is 32.3 Å². The summed E-state index contributed by atoms with van der Waals surface area (Å²) in [5.41, 5.74) is -0.201. The molecule has 1 saturated carbocycles. The Morgan fingerprint density at radius 2 is 2.07 bits per heavy atom. The number of nitrogens with one attached hydrogen (secondary N) is 1. The first kappa shape index (κ1) is 10.4. The van der Waals surface area contributed by atoms with Gasteiger partial charge in [0.05, 0.1) is 5.60 Å². The van der Waals surface area contributed by atoms with Gasteiger partial charge in [0.25, 0.3) is 0 Å². The predicted octanol–water partition coefficient (Wildman–Crippen LogP) is 1.93. The molecule has 1 heterocycles. The second-order valence-electron chi connectivity index (χ2n) is 6.36. The molecule has 3 atom stereocenters. The van der Waals surface area contributed by atoms with Crippen LogP contribution in [0.4, 0.5) is 0 Å². The molecule has 2 aliphatic rings. The van der Waals surface area contributed by atoms with Gasteiger partial charge < -0.3 is 10.4 Å². The molecule has 0 aromatic heterocycles. The summed E-state index contributed by atoms with van der Waals surface area (Å²) < 4.78 is 0. The smallest absolute Gasteiger partial charge is 0.0807 e. The fourth-order valence-electron chi connectivity index (χ4n) is 3.40. The van der Waals surface area contributed by atoms with E-state index in [1.165, 1.54) is 12.8 Å². The van der Waals surface area contributed by atoms with Gasteiger partial charge in [-0.25, -0.2) is 0 Å². The number of aliphatic hydroxyl groups is 1. The average Bonchev–Trinajstić information content (AvgIpc) is 2.52. The highest BCUT2D eigenvalue weighted by Crippen LogP contribution is 2.45. The summed E-state index contributed by atoms with van der Waals surface area (Å²) in [7, 11) is 0. The van der Waals surface area contributed by atoms with Crippen LogP contribution in [0.25, 0.3) is 0 Å². The van der Waals surface area contributed by atoms with Gasteiger partial charge in [-0.15, -0.1) is 0 Å². The molecule has 1 aliphatic carbocycles. The minimum absolute atomic E-state index is 0.230. The molecule has 2 nitrogen and oxygen atoms in total. The third-order valence-electron chi connectivity index (χ3n) is 3.71. The third kappa shape index (κ3) is 1.82. The van der Waals surface area contributed by atoms with Crippen molar-refractivity contribution >= 4 is 0 Å². The second kappa shape index (κ2) is 3.21. The van der Waals surface area contributed by atoms with E-state index >= 15 is 0 Å². The predicted molar refractivity (Wildman–Crippen MR) is 58.2 cm³/mol. The van der Waals surface area contributed by atoms with E-state index in [2.05, 4.69) is 26.1 Å². The van der Waals surface area contributed by atoms with Crippen LogP contribution in [0.1, 0.15) is 46.5 Å². The molecule has 0 amide bonds. The summed E-state index contributed by atoms with van der Waals surface area (Å²) in [5, 5.41) is 14.1. The van der Waals surface area contributed by atoms with E-state index in [0.29, 0.717) is 6.04 Å². The van der Waals surface area contributed by atoms with Gasteiger partial charge in [-0.05, 0) is 43.6 Å². The maximum Gasteiger partial charge on any atom is 0.0807 e. The molecule has 0 radical (unpaired) electrons. The van der Waals surface area contributed by atoms with Crippen molar-refractivity contribution in [3.05, 3.63) is 0 Å². The van der Waals surface area contributed by atoms with E-state index in [9.17, 15) is 5.11 Å². The number of hydrogen-bond acceptors (Lipinski definition) is 2. The molecule has 0 aromatic carbocycles. The van der Waals surface area contributed by atoms with Crippen LogP contribution < -0.4 is 5.32 Å². The minimum atomic E-state index is -0.431. The van der Waals surface area contributed by atoms with E-state index in [4.69, 9.17) is 0 Å². The van der Waals surface area contributed by atoms with E-state index in [-0.39, 0.29) is 5.41 Å². The van der Waals surface area contributed by atoms with Crippen LogP contribution in [0, 0.1) is 11.3 Å². The summed E-state index contributed by atoms with van der Waals surface area (Å²) in [5.74, 6) is 0.738. The fraction of sp³-hybridized carbons (Fsp3) is 1.00. The Bertz CT molecular complexity index is 221. The fourth-order valence-corrected chi connectivity index (χ4v) is 3.40. The van der Waals surface area contributed by atoms with Gasteiger partial charge in [-0.2, -0.15) is 0 Å². The average molecular weight is 197 g/mol. The largest absolute Gasteiger partial charge is 0.388 e. The van der Waals surface area contributed by atoms with Gasteiger partial charge in [0.15, 0.2) is 0 Å². The van der Waals surface area contributed by atoms with Gasteiger partial charge in [0, 0.05) is 6.04 Å². The lowest BCUT2D eigenvalue weighted by Gasteiger charge is -2.35. The zero-order chi connectivity index (χ0) is 10.4. The van der Waals surface area contributed by atoms with Crippen LogP contribution >= 0.6 is 0 Å². The summed E-state index contributed by atoms with van der Waals surface area (Å²) in [6, 6.07) is 0.377. The lowest BCUT2D eigenvalue weighted by molar-refractivity contribution is -0.0145. The first-order chi connectivity index (χ1) is 6.41. The Balaban J connectivity index is 2.08. The number of rotatable bonds is 1. The molecule has 0 aromatic rings. The SMILES string of the molecule is CC(C)(C)C[C@@]1(O)CC[C@@H]2CCN[C@@H]21. The zero-order valence-corrected chi connectivity index (χ0v) is 9.64. The van der Waals surface area contributed by atoms with Crippen LogP contribution in [-0.4, -0.2) is 23.3 Å². The molecule has 1 aliphatic heterocycles. The Morgan fingerprint density at radius 3 is 2.71 bits per heavy atom. The highest BCUT2D eigenvalue weighted by Gasteiger charge is 2.50. The first-order valence-electron chi connectivity index (χ1n) is 5.87. The third-order valence-corrected chi connectivity index (χ3v) is 3.71. The van der Waals surface area contributed by atoms with Crippen molar-refractivity contribution in [3.63, 3.8) is 0 Å². The summed E-state index contributed by atoms with van der Waals surface area (Å²) >= 11 is 0. The molecule has 82 valence electrons. The molecule has 0 unspecified atom stereocenters. The molecular weight excluding hydrogens is 174 g/mol. The normalized spacial score (nSPS) is 42.9. The molecule has 14 heavy (non-hydrogen) atoms. The van der Waals surface area contributed by atoms with Crippen LogP contribution in [0.5, 0.6) is 0 Å². The van der Waals surface area contributed by atoms with Gasteiger partial charge in [-0.3, -0.25) is 0 Å². The van der Waals surface area contributed by atoms with Crippen LogP contribution in [0.15, 0.2) is 0 Å². The number of fused-ring (bicyclic) bond motifs is 1. The molecule has 1 saturated heterocycles. The van der Waals surface area contributed by atoms with E-state index in [1.54, 1.807) is 0 Å². The van der Waals surface area contributed by atoms with Crippen LogP contribution in [0.3, 0.4) is 0 Å². The maximum atomic E-state index is 10.6. The highest BCUT2D eigenvalue weighted by atomic mass is 16.3. The van der Waals surface area contributed by atoms with Crippen molar-refractivity contribution < 1.29 is 5.11 Å². The zero-order valence-electron chi connectivity index (χ0n) is 9.64. The van der Waals surface area contributed by atoms with E-state index in [1.807, 2.05) is 0 Å². The molecular formula is C12H23NO. The molecule has 2 N–H and O–H groups in total. The molecule has 2 rings (SSSR count). The standard InChI is InChI=1S/C12H23NO/c1-11(2,3)8-12(14)6-4-9-5-7-13-10(9)12/h9-10,13-14H,4-8H2,1-3H3/t9-,10+,12+/m1/s1. The van der Waals surface area contributed by atoms with Gasteiger partial charge in [-0.1, -0.05) is 20.8 Å². The summed E-state index contributed by atoms with van der Waals surface area (Å²) in [6.07, 6.45) is 4.39. The minimum Gasteiger partial charge on any atom is -0.388 e. The lowest BCUT2D eigenvalue weighted by Crippen LogP contribution is -2.48. The van der Waals surface area contributed by atoms with Crippen LogP contribution in [0.2, 0.25) is 0 Å². The first-order valence-corrected chi connectivity index (χ1v) is 5.87. The summed E-state index contributed by atoms with van der Waals surface area (Å²) in [6.45, 7) is 7.75. The molecule has 0 spiro atoms. The van der Waals surface area contributed by atoms with Crippen molar-refractivity contribution in [1.29, 1.82) is 0 Å².